The Balaban J connectivity index is 2.36. The van der Waals surface area contributed by atoms with E-state index < -0.39 is 0 Å². The predicted octanol–water partition coefficient (Wildman–Crippen LogP) is 2.00. The van der Waals surface area contributed by atoms with Gasteiger partial charge < -0.3 is 4.90 Å². The number of nitriles is 1. The minimum atomic E-state index is -0.221. The molecule has 0 fully saturated rings. The van der Waals surface area contributed by atoms with Crippen LogP contribution in [0.5, 0.6) is 0 Å². The predicted molar refractivity (Wildman–Crippen MR) is 71.3 cm³/mol. The molecule has 0 bridgehead atoms. The standard InChI is InChI=1S/C15H12N2O2/c16-9-4-10-17(12-5-2-1-3-6-12)14-11-13(18)7-8-15(14)19/h1-3,5-8,11H,4,10H2. The van der Waals surface area contributed by atoms with Crippen molar-refractivity contribution in [3.05, 3.63) is 54.3 Å². The summed E-state index contributed by atoms with van der Waals surface area (Å²) >= 11 is 0. The number of para-hydroxylation sites is 1. The van der Waals surface area contributed by atoms with Crippen LogP contribution in [0.4, 0.5) is 5.69 Å². The highest BCUT2D eigenvalue weighted by Crippen LogP contribution is 2.21. The molecule has 0 unspecified atom stereocenters. The molecule has 1 aromatic rings. The molecule has 0 aliphatic heterocycles. The number of hydrogen-bond donors (Lipinski definition) is 0. The summed E-state index contributed by atoms with van der Waals surface area (Å²) in [4.78, 5) is 25.0. The highest BCUT2D eigenvalue weighted by atomic mass is 16.1. The molecule has 19 heavy (non-hydrogen) atoms. The number of carbonyl (C=O) groups excluding carboxylic acids is 2. The fourth-order valence-corrected chi connectivity index (χ4v) is 1.87. The number of anilines is 1. The van der Waals surface area contributed by atoms with Crippen LogP contribution in [0.3, 0.4) is 0 Å². The Morgan fingerprint density at radius 1 is 1.11 bits per heavy atom. The van der Waals surface area contributed by atoms with E-state index in [0.717, 1.165) is 5.69 Å². The lowest BCUT2D eigenvalue weighted by Crippen LogP contribution is -2.29. The van der Waals surface area contributed by atoms with Crippen molar-refractivity contribution in [3.8, 4) is 6.07 Å². The number of allylic oxidation sites excluding steroid dienone is 3. The van der Waals surface area contributed by atoms with Gasteiger partial charge in [-0.1, -0.05) is 18.2 Å². The lowest BCUT2D eigenvalue weighted by atomic mass is 10.1. The Morgan fingerprint density at radius 3 is 2.53 bits per heavy atom. The van der Waals surface area contributed by atoms with Crippen LogP contribution < -0.4 is 4.90 Å². The first-order valence-electron chi connectivity index (χ1n) is 5.90. The van der Waals surface area contributed by atoms with E-state index >= 15 is 0 Å². The zero-order chi connectivity index (χ0) is 13.7. The van der Waals surface area contributed by atoms with Crippen LogP contribution in [0.1, 0.15) is 6.42 Å². The summed E-state index contributed by atoms with van der Waals surface area (Å²) in [5, 5.41) is 8.72. The third kappa shape index (κ3) is 2.96. The first kappa shape index (κ1) is 12.8. The molecule has 0 amide bonds. The Hall–Kier alpha value is -2.67. The summed E-state index contributed by atoms with van der Waals surface area (Å²) in [5.74, 6) is -0.436. The summed E-state index contributed by atoms with van der Waals surface area (Å²) in [5.41, 5.74) is 1.11. The smallest absolute Gasteiger partial charge is 0.202 e. The van der Waals surface area contributed by atoms with Crippen molar-refractivity contribution in [1.29, 1.82) is 5.26 Å². The van der Waals surface area contributed by atoms with Gasteiger partial charge >= 0.3 is 0 Å². The number of benzene rings is 1. The third-order valence-electron chi connectivity index (χ3n) is 2.74. The van der Waals surface area contributed by atoms with Crippen LogP contribution in [-0.2, 0) is 9.59 Å². The van der Waals surface area contributed by atoms with Gasteiger partial charge in [-0.2, -0.15) is 5.26 Å². The van der Waals surface area contributed by atoms with Crippen molar-refractivity contribution in [2.75, 3.05) is 11.4 Å². The van der Waals surface area contributed by atoms with Crippen molar-refractivity contribution in [2.45, 2.75) is 6.42 Å². The molecule has 1 aliphatic carbocycles. The van der Waals surface area contributed by atoms with Crippen LogP contribution in [0.2, 0.25) is 0 Å². The van der Waals surface area contributed by atoms with Crippen molar-refractivity contribution in [1.82, 2.24) is 0 Å². The third-order valence-corrected chi connectivity index (χ3v) is 2.74. The van der Waals surface area contributed by atoms with Gasteiger partial charge in [0.2, 0.25) is 5.78 Å². The number of ketones is 2. The van der Waals surface area contributed by atoms with E-state index in [9.17, 15) is 9.59 Å². The molecule has 4 nitrogen and oxygen atoms in total. The molecule has 0 radical (unpaired) electrons. The van der Waals surface area contributed by atoms with Crippen LogP contribution in [0, 0.1) is 11.3 Å². The minimum absolute atomic E-state index is 0.215. The molecule has 1 aliphatic rings. The molecule has 0 aromatic heterocycles. The van der Waals surface area contributed by atoms with E-state index in [2.05, 4.69) is 0 Å². The highest BCUT2D eigenvalue weighted by molar-refractivity contribution is 6.18. The van der Waals surface area contributed by atoms with Crippen LogP contribution in [0.25, 0.3) is 0 Å². The molecule has 0 saturated heterocycles. The molecular formula is C15H12N2O2. The highest BCUT2D eigenvalue weighted by Gasteiger charge is 2.20. The van der Waals surface area contributed by atoms with E-state index in [0.29, 0.717) is 12.2 Å². The van der Waals surface area contributed by atoms with Crippen LogP contribution in [0.15, 0.2) is 54.3 Å². The fraction of sp³-hybridized carbons (Fsp3) is 0.133. The van der Waals surface area contributed by atoms with Gasteiger partial charge in [0, 0.05) is 18.3 Å². The average molecular weight is 252 g/mol. The molecule has 0 heterocycles. The van der Waals surface area contributed by atoms with E-state index in [1.807, 2.05) is 36.4 Å². The second-order valence-electron chi connectivity index (χ2n) is 4.02. The van der Waals surface area contributed by atoms with Gasteiger partial charge in [-0.15, -0.1) is 0 Å². The average Bonchev–Trinajstić information content (AvgIpc) is 2.44. The van der Waals surface area contributed by atoms with Gasteiger partial charge in [0.1, 0.15) is 0 Å². The van der Waals surface area contributed by atoms with Crippen LogP contribution in [-0.4, -0.2) is 18.1 Å². The Kier molecular flexibility index (Phi) is 3.89. The Labute approximate surface area is 111 Å². The van der Waals surface area contributed by atoms with Crippen LogP contribution >= 0.6 is 0 Å². The lowest BCUT2D eigenvalue weighted by Gasteiger charge is -2.26. The maximum absolute atomic E-state index is 11.9. The molecular weight excluding hydrogens is 240 g/mol. The molecule has 0 N–H and O–H groups in total. The monoisotopic (exact) mass is 252 g/mol. The largest absolute Gasteiger partial charge is 0.337 e. The van der Waals surface area contributed by atoms with Crippen molar-refractivity contribution < 1.29 is 9.59 Å². The van der Waals surface area contributed by atoms with Gasteiger partial charge in [0.15, 0.2) is 5.78 Å². The van der Waals surface area contributed by atoms with Gasteiger partial charge in [-0.3, -0.25) is 9.59 Å². The SMILES string of the molecule is N#CCCN(C1=CC(=O)C=CC1=O)c1ccccc1. The summed E-state index contributed by atoms with van der Waals surface area (Å²) in [6.07, 6.45) is 4.10. The first-order chi connectivity index (χ1) is 9.22. The second-order valence-corrected chi connectivity index (χ2v) is 4.02. The van der Waals surface area contributed by atoms with Gasteiger partial charge in [-0.25, -0.2) is 0 Å². The van der Waals surface area contributed by atoms with E-state index in [-0.39, 0.29) is 18.0 Å². The van der Waals surface area contributed by atoms with Crippen molar-refractivity contribution >= 4 is 17.3 Å². The van der Waals surface area contributed by atoms with Gasteiger partial charge in [0.05, 0.1) is 18.2 Å². The van der Waals surface area contributed by atoms with Gasteiger partial charge in [0.25, 0.3) is 0 Å². The minimum Gasteiger partial charge on any atom is -0.337 e. The molecule has 0 atom stereocenters. The number of hydrogen-bond acceptors (Lipinski definition) is 4. The molecule has 2 rings (SSSR count). The van der Waals surface area contributed by atoms with E-state index in [1.54, 1.807) is 4.90 Å². The maximum Gasteiger partial charge on any atom is 0.202 e. The Morgan fingerprint density at radius 2 is 1.84 bits per heavy atom. The number of nitrogens with zero attached hydrogens (tertiary/aromatic N) is 2. The summed E-state index contributed by atoms with van der Waals surface area (Å²) in [6, 6.07) is 11.3. The van der Waals surface area contributed by atoms with Crippen molar-refractivity contribution in [3.63, 3.8) is 0 Å². The first-order valence-corrected chi connectivity index (χ1v) is 5.90. The molecule has 94 valence electrons. The molecule has 0 saturated carbocycles. The summed E-state index contributed by atoms with van der Waals surface area (Å²) < 4.78 is 0. The molecule has 1 aromatic carbocycles. The molecule has 0 spiro atoms. The zero-order valence-corrected chi connectivity index (χ0v) is 10.2. The summed E-state index contributed by atoms with van der Waals surface area (Å²) in [6.45, 7) is 0.374. The normalized spacial score (nSPS) is 13.9. The van der Waals surface area contributed by atoms with Gasteiger partial charge in [-0.05, 0) is 24.3 Å². The lowest BCUT2D eigenvalue weighted by molar-refractivity contribution is -0.114. The number of carbonyl (C=O) groups is 2. The maximum atomic E-state index is 11.9. The zero-order valence-electron chi connectivity index (χ0n) is 10.2. The Bertz CT molecular complexity index is 594. The van der Waals surface area contributed by atoms with Crippen molar-refractivity contribution in [2.24, 2.45) is 0 Å². The fourth-order valence-electron chi connectivity index (χ4n) is 1.87. The topological polar surface area (TPSA) is 61.2 Å². The second kappa shape index (κ2) is 5.78. The quantitative estimate of drug-likeness (QED) is 0.769. The molecule has 4 heteroatoms. The summed E-state index contributed by atoms with van der Waals surface area (Å²) in [7, 11) is 0. The number of rotatable bonds is 4. The van der Waals surface area contributed by atoms with E-state index in [4.69, 9.17) is 5.26 Å². The van der Waals surface area contributed by atoms with E-state index in [1.165, 1.54) is 18.2 Å².